The van der Waals surface area contributed by atoms with Crippen LogP contribution in [0.25, 0.3) is 11.6 Å². The molecule has 3 N–H and O–H groups in total. The third kappa shape index (κ3) is 3.81. The molecular weight excluding hydrogens is 384 g/mol. The van der Waals surface area contributed by atoms with Crippen LogP contribution in [0.4, 0.5) is 22.0 Å². The molecule has 1 aromatic carbocycles. The molecular formula is C12H7Cl3FN7O. The summed E-state index contributed by atoms with van der Waals surface area (Å²) in [4.78, 5) is 15.7. The van der Waals surface area contributed by atoms with Crippen LogP contribution in [-0.2, 0) is 3.79 Å². The molecule has 2 heterocycles. The van der Waals surface area contributed by atoms with Crippen LogP contribution in [0, 0.1) is 5.82 Å². The highest BCUT2D eigenvalue weighted by Crippen LogP contribution is 2.37. The van der Waals surface area contributed by atoms with E-state index < -0.39 is 9.61 Å². The number of nitrogens with zero attached hydrogens (tertiary/aromatic N) is 5. The zero-order valence-electron chi connectivity index (χ0n) is 11.5. The first-order valence-corrected chi connectivity index (χ1v) is 7.40. The first kappa shape index (κ1) is 16.6. The molecule has 0 saturated carbocycles. The van der Waals surface area contributed by atoms with E-state index in [-0.39, 0.29) is 29.4 Å². The molecule has 0 fully saturated rings. The molecule has 0 unspecified atom stereocenters. The van der Waals surface area contributed by atoms with Gasteiger partial charge in [0.25, 0.3) is 9.68 Å². The van der Waals surface area contributed by atoms with Gasteiger partial charge in [0.2, 0.25) is 23.5 Å². The van der Waals surface area contributed by atoms with Gasteiger partial charge in [-0.2, -0.15) is 19.9 Å². The van der Waals surface area contributed by atoms with Crippen molar-refractivity contribution in [2.24, 2.45) is 0 Å². The van der Waals surface area contributed by atoms with Gasteiger partial charge >= 0.3 is 0 Å². The summed E-state index contributed by atoms with van der Waals surface area (Å²) in [5.74, 6) is -0.783. The number of hydrogen-bond donors (Lipinski definition) is 2. The number of aromatic nitrogens is 5. The average molecular weight is 391 g/mol. The Hall–Kier alpha value is -2.23. The molecule has 0 saturated heterocycles. The molecule has 0 spiro atoms. The smallest absolute Gasteiger partial charge is 0.279 e. The second-order valence-electron chi connectivity index (χ2n) is 4.40. The number of halogens is 4. The van der Waals surface area contributed by atoms with Gasteiger partial charge in [0, 0.05) is 5.69 Å². The lowest BCUT2D eigenvalue weighted by atomic mass is 10.3. The lowest BCUT2D eigenvalue weighted by Gasteiger charge is -2.06. The Bertz CT molecular complexity index is 883. The van der Waals surface area contributed by atoms with Gasteiger partial charge in [0.15, 0.2) is 0 Å². The average Bonchev–Trinajstić information content (AvgIpc) is 2.96. The van der Waals surface area contributed by atoms with E-state index in [4.69, 9.17) is 45.1 Å². The molecule has 12 heteroatoms. The van der Waals surface area contributed by atoms with Crippen LogP contribution < -0.4 is 11.1 Å². The predicted octanol–water partition coefficient (Wildman–Crippen LogP) is 3.21. The summed E-state index contributed by atoms with van der Waals surface area (Å²) in [5, 5.41) is 6.41. The topological polar surface area (TPSA) is 116 Å². The maximum Gasteiger partial charge on any atom is 0.279 e. The monoisotopic (exact) mass is 389 g/mol. The molecule has 24 heavy (non-hydrogen) atoms. The van der Waals surface area contributed by atoms with Crippen LogP contribution in [0.3, 0.4) is 0 Å². The van der Waals surface area contributed by atoms with E-state index in [1.165, 1.54) is 18.2 Å². The van der Waals surface area contributed by atoms with Crippen molar-refractivity contribution in [3.05, 3.63) is 36.0 Å². The Balaban J connectivity index is 1.93. The fourth-order valence-electron chi connectivity index (χ4n) is 1.67. The van der Waals surface area contributed by atoms with Crippen molar-refractivity contribution in [3.8, 4) is 11.6 Å². The first-order valence-electron chi connectivity index (χ1n) is 6.27. The Kier molecular flexibility index (Phi) is 4.39. The van der Waals surface area contributed by atoms with Crippen LogP contribution in [0.1, 0.15) is 5.89 Å². The Labute approximate surface area is 149 Å². The molecule has 3 rings (SSSR count). The zero-order chi connectivity index (χ0) is 17.3. The number of rotatable bonds is 3. The summed E-state index contributed by atoms with van der Waals surface area (Å²) < 4.78 is 16.2. The van der Waals surface area contributed by atoms with Crippen molar-refractivity contribution in [2.45, 2.75) is 3.79 Å². The third-order valence-electron chi connectivity index (χ3n) is 2.60. The van der Waals surface area contributed by atoms with Crippen molar-refractivity contribution in [1.29, 1.82) is 0 Å². The summed E-state index contributed by atoms with van der Waals surface area (Å²) in [5.41, 5.74) is 6.05. The Morgan fingerprint density at radius 3 is 2.54 bits per heavy atom. The maximum atomic E-state index is 13.2. The summed E-state index contributed by atoms with van der Waals surface area (Å²) in [6, 6.07) is 5.71. The summed E-state index contributed by atoms with van der Waals surface area (Å²) >= 11 is 17.0. The minimum absolute atomic E-state index is 0.00865. The van der Waals surface area contributed by atoms with Gasteiger partial charge in [-0.05, 0) is 18.2 Å². The zero-order valence-corrected chi connectivity index (χ0v) is 13.8. The quantitative estimate of drug-likeness (QED) is 0.655. The molecule has 0 atom stereocenters. The second-order valence-corrected chi connectivity index (χ2v) is 6.68. The van der Waals surface area contributed by atoms with Gasteiger partial charge in [-0.25, -0.2) is 4.39 Å². The lowest BCUT2D eigenvalue weighted by Crippen LogP contribution is -2.06. The highest BCUT2D eigenvalue weighted by molar-refractivity contribution is 6.66. The van der Waals surface area contributed by atoms with E-state index in [0.717, 1.165) is 0 Å². The van der Waals surface area contributed by atoms with Crippen LogP contribution in [-0.4, -0.2) is 25.1 Å². The Morgan fingerprint density at radius 1 is 1.08 bits per heavy atom. The van der Waals surface area contributed by atoms with Gasteiger partial charge in [-0.15, -0.1) is 0 Å². The van der Waals surface area contributed by atoms with Gasteiger partial charge in [0.05, 0.1) is 0 Å². The Morgan fingerprint density at radius 2 is 1.88 bits per heavy atom. The van der Waals surface area contributed by atoms with Crippen LogP contribution >= 0.6 is 34.8 Å². The summed E-state index contributed by atoms with van der Waals surface area (Å²) in [6.45, 7) is 0. The molecule has 0 aliphatic carbocycles. The van der Waals surface area contributed by atoms with E-state index in [0.29, 0.717) is 5.69 Å². The molecule has 124 valence electrons. The summed E-state index contributed by atoms with van der Waals surface area (Å²) in [7, 11) is 0. The van der Waals surface area contributed by atoms with Crippen molar-refractivity contribution in [1.82, 2.24) is 25.1 Å². The largest absolute Gasteiger partial charge is 0.368 e. The van der Waals surface area contributed by atoms with E-state index >= 15 is 0 Å². The number of nitrogens with two attached hydrogens (primary N) is 1. The van der Waals surface area contributed by atoms with Gasteiger partial charge in [-0.1, -0.05) is 46.0 Å². The fourth-order valence-corrected chi connectivity index (χ4v) is 1.90. The normalized spacial score (nSPS) is 11.5. The summed E-state index contributed by atoms with van der Waals surface area (Å²) in [6.07, 6.45) is 0. The maximum absolute atomic E-state index is 13.2. The van der Waals surface area contributed by atoms with E-state index in [1.807, 2.05) is 0 Å². The number of benzene rings is 1. The highest BCUT2D eigenvalue weighted by Gasteiger charge is 2.31. The fraction of sp³-hybridized carbons (Fsp3) is 0.0833. The number of anilines is 3. The predicted molar refractivity (Wildman–Crippen MR) is 86.5 cm³/mol. The highest BCUT2D eigenvalue weighted by atomic mass is 35.6. The van der Waals surface area contributed by atoms with Crippen LogP contribution in [0.15, 0.2) is 28.8 Å². The van der Waals surface area contributed by atoms with Gasteiger partial charge < -0.3 is 15.6 Å². The third-order valence-corrected chi connectivity index (χ3v) is 3.09. The molecule has 0 aliphatic heterocycles. The molecule has 8 nitrogen and oxygen atoms in total. The van der Waals surface area contributed by atoms with Crippen LogP contribution in [0.5, 0.6) is 0 Å². The van der Waals surface area contributed by atoms with E-state index in [9.17, 15) is 4.39 Å². The molecule has 0 aliphatic rings. The van der Waals surface area contributed by atoms with Gasteiger partial charge in [-0.3, -0.25) is 0 Å². The lowest BCUT2D eigenvalue weighted by molar-refractivity contribution is 0.383. The first-order chi connectivity index (χ1) is 11.3. The number of hydrogen-bond acceptors (Lipinski definition) is 8. The van der Waals surface area contributed by atoms with Crippen molar-refractivity contribution in [2.75, 3.05) is 11.1 Å². The van der Waals surface area contributed by atoms with E-state index in [2.05, 4.69) is 30.4 Å². The van der Waals surface area contributed by atoms with Crippen LogP contribution in [0.2, 0.25) is 0 Å². The molecule has 0 radical (unpaired) electrons. The van der Waals surface area contributed by atoms with E-state index in [1.54, 1.807) is 6.07 Å². The van der Waals surface area contributed by atoms with Crippen molar-refractivity contribution < 1.29 is 8.91 Å². The molecule has 3 aromatic rings. The van der Waals surface area contributed by atoms with Crippen molar-refractivity contribution in [3.63, 3.8) is 0 Å². The minimum atomic E-state index is -1.88. The molecule has 0 amide bonds. The second kappa shape index (κ2) is 6.34. The standard InChI is InChI=1S/C12H7Cl3FN7O/c13-12(14,15)9-19-8(23-24-9)7-20-10(17)22-11(21-7)18-6-3-1-2-5(16)4-6/h1-4H,(H3,17,18,20,21,22). The number of nitrogens with one attached hydrogen (secondary N) is 1. The molecule has 0 bridgehead atoms. The SMILES string of the molecule is Nc1nc(Nc2cccc(F)c2)nc(-c2noc(C(Cl)(Cl)Cl)n2)n1. The molecule has 2 aromatic heterocycles. The minimum Gasteiger partial charge on any atom is -0.368 e. The number of alkyl halides is 3. The van der Waals surface area contributed by atoms with Crippen molar-refractivity contribution >= 4 is 52.4 Å². The van der Waals surface area contributed by atoms with Gasteiger partial charge in [0.1, 0.15) is 5.82 Å². The number of nitrogen functional groups attached to an aromatic ring is 1.